The van der Waals surface area contributed by atoms with Crippen molar-refractivity contribution >= 4 is 33.2 Å². The molecule has 1 fully saturated rings. The van der Waals surface area contributed by atoms with Crippen LogP contribution in [0.25, 0.3) is 5.69 Å². The summed E-state index contributed by atoms with van der Waals surface area (Å²) in [6.07, 6.45) is 1.66. The van der Waals surface area contributed by atoms with E-state index in [0.29, 0.717) is 42.6 Å². The molecule has 0 radical (unpaired) electrons. The van der Waals surface area contributed by atoms with E-state index in [9.17, 15) is 13.2 Å². The van der Waals surface area contributed by atoms with Crippen LogP contribution in [0.15, 0.2) is 59.6 Å². The number of hydrogen-bond acceptors (Lipinski definition) is 5. The number of benzene rings is 2. The van der Waals surface area contributed by atoms with Gasteiger partial charge in [0.1, 0.15) is 0 Å². The maximum Gasteiger partial charge on any atom is 0.276 e. The van der Waals surface area contributed by atoms with Crippen LogP contribution in [-0.4, -0.2) is 54.7 Å². The Morgan fingerprint density at radius 2 is 1.90 bits per heavy atom. The molecule has 1 saturated heterocycles. The van der Waals surface area contributed by atoms with Crippen LogP contribution in [0.4, 0.5) is 5.69 Å². The van der Waals surface area contributed by atoms with Crippen molar-refractivity contribution in [3.8, 4) is 5.69 Å². The van der Waals surface area contributed by atoms with Gasteiger partial charge in [0, 0.05) is 30.0 Å². The summed E-state index contributed by atoms with van der Waals surface area (Å²) in [4.78, 5) is 12.8. The number of aryl methyl sites for hydroxylation is 1. The summed E-state index contributed by atoms with van der Waals surface area (Å²) in [5.74, 6) is -0.445. The van der Waals surface area contributed by atoms with E-state index in [-0.39, 0.29) is 10.6 Å². The minimum absolute atomic E-state index is 0.164. The van der Waals surface area contributed by atoms with Gasteiger partial charge < -0.3 is 10.1 Å². The molecule has 1 aliphatic heterocycles. The Morgan fingerprint density at radius 3 is 2.65 bits per heavy atom. The molecule has 0 spiro atoms. The maximum atomic E-state index is 13.0. The fraction of sp³-hybridized carbons (Fsp3) is 0.238. The molecule has 2 aromatic carbocycles. The van der Waals surface area contributed by atoms with Gasteiger partial charge in [0.2, 0.25) is 10.0 Å². The fourth-order valence-electron chi connectivity index (χ4n) is 3.28. The number of carbonyl (C=O) groups excluding carboxylic acids is 1. The molecular formula is C21H21ClN4O4S. The number of carbonyl (C=O) groups is 1. The van der Waals surface area contributed by atoms with Gasteiger partial charge in [0.25, 0.3) is 5.91 Å². The molecule has 1 aliphatic rings. The SMILES string of the molecule is Cc1ccc(NC(=O)c2ccn(-c3cccc(Cl)c3)n2)cc1S(=O)(=O)N1CCOCC1. The van der Waals surface area contributed by atoms with Gasteiger partial charge >= 0.3 is 0 Å². The van der Waals surface area contributed by atoms with Crippen LogP contribution >= 0.6 is 11.6 Å². The van der Waals surface area contributed by atoms with Crippen LogP contribution in [0.2, 0.25) is 5.02 Å². The predicted octanol–water partition coefficient (Wildman–Crippen LogP) is 3.11. The number of amides is 1. The normalized spacial score (nSPS) is 15.0. The molecule has 0 aliphatic carbocycles. The zero-order chi connectivity index (χ0) is 22.0. The summed E-state index contributed by atoms with van der Waals surface area (Å²) in [6, 6.07) is 13.5. The molecule has 162 valence electrons. The van der Waals surface area contributed by atoms with Crippen molar-refractivity contribution in [2.75, 3.05) is 31.6 Å². The first-order chi connectivity index (χ1) is 14.8. The van der Waals surface area contributed by atoms with Gasteiger partial charge in [-0.25, -0.2) is 13.1 Å². The van der Waals surface area contributed by atoms with Crippen molar-refractivity contribution in [3.05, 3.63) is 71.0 Å². The molecule has 0 unspecified atom stereocenters. The van der Waals surface area contributed by atoms with Crippen LogP contribution in [0.3, 0.4) is 0 Å². The van der Waals surface area contributed by atoms with E-state index in [2.05, 4.69) is 10.4 Å². The van der Waals surface area contributed by atoms with Crippen LogP contribution in [0.1, 0.15) is 16.1 Å². The van der Waals surface area contributed by atoms with Gasteiger partial charge in [-0.2, -0.15) is 9.40 Å². The van der Waals surface area contributed by atoms with Gasteiger partial charge in [0.05, 0.1) is 23.8 Å². The molecule has 1 amide bonds. The summed E-state index contributed by atoms with van der Waals surface area (Å²) in [5.41, 5.74) is 1.90. The number of nitrogens with zero attached hydrogens (tertiary/aromatic N) is 3. The zero-order valence-corrected chi connectivity index (χ0v) is 18.4. The van der Waals surface area contributed by atoms with Crippen molar-refractivity contribution < 1.29 is 17.9 Å². The van der Waals surface area contributed by atoms with Crippen molar-refractivity contribution in [1.29, 1.82) is 0 Å². The highest BCUT2D eigenvalue weighted by Crippen LogP contribution is 2.25. The Bertz CT molecular complexity index is 1220. The van der Waals surface area contributed by atoms with Crippen LogP contribution in [0.5, 0.6) is 0 Å². The van der Waals surface area contributed by atoms with Crippen molar-refractivity contribution in [3.63, 3.8) is 0 Å². The van der Waals surface area contributed by atoms with E-state index in [1.807, 2.05) is 6.07 Å². The summed E-state index contributed by atoms with van der Waals surface area (Å²) in [5, 5.41) is 7.58. The number of hydrogen-bond donors (Lipinski definition) is 1. The first-order valence-electron chi connectivity index (χ1n) is 9.66. The number of rotatable bonds is 5. The number of anilines is 1. The minimum Gasteiger partial charge on any atom is -0.379 e. The van der Waals surface area contributed by atoms with Gasteiger partial charge in [0.15, 0.2) is 5.69 Å². The molecular weight excluding hydrogens is 440 g/mol. The van der Waals surface area contributed by atoms with Crippen LogP contribution < -0.4 is 5.32 Å². The van der Waals surface area contributed by atoms with Crippen LogP contribution in [-0.2, 0) is 14.8 Å². The Morgan fingerprint density at radius 1 is 1.13 bits per heavy atom. The molecule has 10 heteroatoms. The van der Waals surface area contributed by atoms with Crippen molar-refractivity contribution in [1.82, 2.24) is 14.1 Å². The highest BCUT2D eigenvalue weighted by molar-refractivity contribution is 7.89. The Hall–Kier alpha value is -2.72. The van der Waals surface area contributed by atoms with E-state index in [0.717, 1.165) is 5.69 Å². The molecule has 31 heavy (non-hydrogen) atoms. The highest BCUT2D eigenvalue weighted by Gasteiger charge is 2.28. The van der Waals surface area contributed by atoms with E-state index in [1.165, 1.54) is 10.4 Å². The van der Waals surface area contributed by atoms with Gasteiger partial charge in [-0.1, -0.05) is 23.7 Å². The zero-order valence-electron chi connectivity index (χ0n) is 16.8. The van der Waals surface area contributed by atoms with E-state index < -0.39 is 15.9 Å². The number of morpholine rings is 1. The monoisotopic (exact) mass is 460 g/mol. The first kappa shape index (κ1) is 21.5. The van der Waals surface area contributed by atoms with E-state index in [4.69, 9.17) is 16.3 Å². The topological polar surface area (TPSA) is 93.5 Å². The number of halogens is 1. The number of aromatic nitrogens is 2. The lowest BCUT2D eigenvalue weighted by atomic mass is 10.2. The molecule has 1 aromatic heterocycles. The quantitative estimate of drug-likeness (QED) is 0.631. The molecule has 8 nitrogen and oxygen atoms in total. The second-order valence-electron chi connectivity index (χ2n) is 7.08. The molecule has 3 aromatic rings. The summed E-state index contributed by atoms with van der Waals surface area (Å²) in [7, 11) is -3.68. The third-order valence-electron chi connectivity index (χ3n) is 4.93. The molecule has 0 atom stereocenters. The Labute approximate surface area is 185 Å². The first-order valence-corrected chi connectivity index (χ1v) is 11.5. The lowest BCUT2D eigenvalue weighted by molar-refractivity contribution is 0.0730. The van der Waals surface area contributed by atoms with E-state index >= 15 is 0 Å². The second-order valence-corrected chi connectivity index (χ2v) is 9.42. The number of ether oxygens (including phenoxy) is 1. The smallest absolute Gasteiger partial charge is 0.276 e. The lowest BCUT2D eigenvalue weighted by Gasteiger charge is -2.26. The van der Waals surface area contributed by atoms with Gasteiger partial charge in [-0.05, 0) is 48.9 Å². The summed E-state index contributed by atoms with van der Waals surface area (Å²) >= 11 is 6.01. The molecule has 1 N–H and O–H groups in total. The lowest BCUT2D eigenvalue weighted by Crippen LogP contribution is -2.40. The average molecular weight is 461 g/mol. The standard InChI is InChI=1S/C21H21ClN4O4S/c1-15-5-6-17(14-20(15)31(28,29)25-9-11-30-12-10-25)23-21(27)19-7-8-26(24-19)18-4-2-3-16(22)13-18/h2-8,13-14H,9-12H2,1H3,(H,23,27). The molecule has 0 bridgehead atoms. The third-order valence-corrected chi connectivity index (χ3v) is 7.20. The van der Waals surface area contributed by atoms with Gasteiger partial charge in [-0.15, -0.1) is 0 Å². The van der Waals surface area contributed by atoms with Crippen LogP contribution in [0, 0.1) is 6.92 Å². The molecule has 4 rings (SSSR count). The minimum atomic E-state index is -3.68. The third kappa shape index (κ3) is 4.64. The summed E-state index contributed by atoms with van der Waals surface area (Å²) in [6.45, 7) is 3.07. The summed E-state index contributed by atoms with van der Waals surface area (Å²) < 4.78 is 34.3. The number of nitrogens with one attached hydrogen (secondary N) is 1. The van der Waals surface area contributed by atoms with E-state index in [1.54, 1.807) is 54.2 Å². The molecule has 0 saturated carbocycles. The molecule has 2 heterocycles. The fourth-order valence-corrected chi connectivity index (χ4v) is 5.13. The van der Waals surface area contributed by atoms with Gasteiger partial charge in [-0.3, -0.25) is 4.79 Å². The predicted molar refractivity (Wildman–Crippen MR) is 117 cm³/mol. The highest BCUT2D eigenvalue weighted by atomic mass is 35.5. The largest absolute Gasteiger partial charge is 0.379 e. The maximum absolute atomic E-state index is 13.0. The van der Waals surface area contributed by atoms with Crippen molar-refractivity contribution in [2.45, 2.75) is 11.8 Å². The average Bonchev–Trinajstić information content (AvgIpc) is 3.26. The van der Waals surface area contributed by atoms with Crippen molar-refractivity contribution in [2.24, 2.45) is 0 Å². The second kappa shape index (κ2) is 8.80. The Kier molecular flexibility index (Phi) is 6.10. The Balaban J connectivity index is 1.55. The number of sulfonamides is 1.